The van der Waals surface area contributed by atoms with Crippen LogP contribution >= 0.6 is 11.3 Å². The number of amides is 1. The fourth-order valence-corrected chi connectivity index (χ4v) is 4.10. The summed E-state index contributed by atoms with van der Waals surface area (Å²) < 4.78 is 5.22. The molecule has 6 heteroatoms. The molecule has 1 aromatic heterocycles. The molecule has 0 aliphatic rings. The molecule has 0 aliphatic heterocycles. The van der Waals surface area contributed by atoms with Crippen LogP contribution in [0.5, 0.6) is 0 Å². The highest BCUT2D eigenvalue weighted by Gasteiger charge is 2.23. The molecule has 3 rings (SSSR count). The predicted molar refractivity (Wildman–Crippen MR) is 128 cm³/mol. The van der Waals surface area contributed by atoms with Crippen LogP contribution in [0.15, 0.2) is 65.6 Å². The molecule has 0 spiro atoms. The lowest BCUT2D eigenvalue weighted by Crippen LogP contribution is -2.16. The van der Waals surface area contributed by atoms with Crippen molar-refractivity contribution in [1.29, 1.82) is 5.26 Å². The number of nitrogens with one attached hydrogen (secondary N) is 1. The molecule has 3 aromatic rings. The van der Waals surface area contributed by atoms with E-state index in [0.29, 0.717) is 16.5 Å². The summed E-state index contributed by atoms with van der Waals surface area (Å²) >= 11 is 1.22. The first-order valence-corrected chi connectivity index (χ1v) is 11.2. The highest BCUT2D eigenvalue weighted by atomic mass is 32.1. The fourth-order valence-electron chi connectivity index (χ4n) is 3.15. The van der Waals surface area contributed by atoms with Crippen LogP contribution in [0.25, 0.3) is 17.2 Å². The number of hydrogen-bond donors (Lipinski definition) is 1. The second-order valence-corrected chi connectivity index (χ2v) is 8.26. The van der Waals surface area contributed by atoms with Gasteiger partial charge in [0.25, 0.3) is 5.91 Å². The lowest BCUT2D eigenvalue weighted by atomic mass is 10.0. The zero-order valence-electron chi connectivity index (χ0n) is 18.2. The SMILES string of the molecule is CCOC(=O)c1c(-c2ccccc2)csc1NC(=O)C(C#N)=Cc1ccc(C(C)C)cc1. The van der Waals surface area contributed by atoms with Crippen molar-refractivity contribution in [2.24, 2.45) is 0 Å². The summed E-state index contributed by atoms with van der Waals surface area (Å²) in [6.07, 6.45) is 1.54. The van der Waals surface area contributed by atoms with Gasteiger partial charge in [0.2, 0.25) is 0 Å². The number of thiophene rings is 1. The van der Waals surface area contributed by atoms with Gasteiger partial charge in [-0.25, -0.2) is 4.79 Å². The maximum Gasteiger partial charge on any atom is 0.341 e. The van der Waals surface area contributed by atoms with Gasteiger partial charge in [-0.2, -0.15) is 5.26 Å². The summed E-state index contributed by atoms with van der Waals surface area (Å²) in [4.78, 5) is 25.5. The molecule has 5 nitrogen and oxygen atoms in total. The molecule has 0 radical (unpaired) electrons. The van der Waals surface area contributed by atoms with E-state index < -0.39 is 11.9 Å². The molecule has 0 fully saturated rings. The van der Waals surface area contributed by atoms with Crippen molar-refractivity contribution in [3.05, 3.63) is 82.2 Å². The molecule has 1 heterocycles. The van der Waals surface area contributed by atoms with Crippen molar-refractivity contribution in [2.45, 2.75) is 26.7 Å². The Bertz CT molecular complexity index is 1170. The number of esters is 1. The van der Waals surface area contributed by atoms with Crippen molar-refractivity contribution in [1.82, 2.24) is 0 Å². The maximum absolute atomic E-state index is 12.9. The fraction of sp³-hybridized carbons (Fsp3) is 0.192. The summed E-state index contributed by atoms with van der Waals surface area (Å²) in [5.41, 5.74) is 3.69. The van der Waals surface area contributed by atoms with Gasteiger partial charge in [0.05, 0.1) is 6.61 Å². The van der Waals surface area contributed by atoms with Gasteiger partial charge in [-0.05, 0) is 35.6 Å². The number of nitriles is 1. The lowest BCUT2D eigenvalue weighted by molar-refractivity contribution is -0.112. The van der Waals surface area contributed by atoms with Crippen molar-refractivity contribution in [2.75, 3.05) is 11.9 Å². The number of anilines is 1. The Morgan fingerprint density at radius 3 is 2.41 bits per heavy atom. The van der Waals surface area contributed by atoms with Gasteiger partial charge in [-0.15, -0.1) is 11.3 Å². The Kier molecular flexibility index (Phi) is 7.58. The van der Waals surface area contributed by atoms with Gasteiger partial charge in [-0.3, -0.25) is 4.79 Å². The second-order valence-electron chi connectivity index (χ2n) is 7.39. The topological polar surface area (TPSA) is 79.2 Å². The van der Waals surface area contributed by atoms with Gasteiger partial charge < -0.3 is 10.1 Å². The Morgan fingerprint density at radius 1 is 1.12 bits per heavy atom. The van der Waals surface area contributed by atoms with E-state index in [4.69, 9.17) is 4.74 Å². The van der Waals surface area contributed by atoms with Gasteiger partial charge in [0, 0.05) is 10.9 Å². The lowest BCUT2D eigenvalue weighted by Gasteiger charge is -2.09. The zero-order valence-corrected chi connectivity index (χ0v) is 19.0. The number of benzene rings is 2. The number of carbonyl (C=O) groups is 2. The summed E-state index contributed by atoms with van der Waals surface area (Å²) in [7, 11) is 0. The van der Waals surface area contributed by atoms with Crippen LogP contribution in [-0.2, 0) is 9.53 Å². The highest BCUT2D eigenvalue weighted by Crippen LogP contribution is 2.36. The maximum atomic E-state index is 12.9. The number of rotatable bonds is 7. The molecular formula is C26H24N2O3S. The van der Waals surface area contributed by atoms with E-state index in [0.717, 1.165) is 11.1 Å². The van der Waals surface area contributed by atoms with E-state index in [1.165, 1.54) is 23.0 Å². The molecule has 0 atom stereocenters. The first-order valence-electron chi connectivity index (χ1n) is 10.3. The van der Waals surface area contributed by atoms with Crippen LogP contribution in [0.3, 0.4) is 0 Å². The van der Waals surface area contributed by atoms with E-state index in [-0.39, 0.29) is 17.7 Å². The third-order valence-corrected chi connectivity index (χ3v) is 5.76. The Labute approximate surface area is 192 Å². The zero-order chi connectivity index (χ0) is 23.1. The number of carbonyl (C=O) groups excluding carboxylic acids is 2. The number of hydrogen-bond acceptors (Lipinski definition) is 5. The summed E-state index contributed by atoms with van der Waals surface area (Å²) in [5, 5.41) is 14.4. The van der Waals surface area contributed by atoms with Gasteiger partial charge >= 0.3 is 5.97 Å². The van der Waals surface area contributed by atoms with Crippen molar-refractivity contribution in [3.8, 4) is 17.2 Å². The molecule has 0 saturated heterocycles. The third-order valence-electron chi connectivity index (χ3n) is 4.86. The van der Waals surface area contributed by atoms with Crippen LogP contribution < -0.4 is 5.32 Å². The minimum Gasteiger partial charge on any atom is -0.462 e. The predicted octanol–water partition coefficient (Wildman–Crippen LogP) is 6.26. The highest BCUT2D eigenvalue weighted by molar-refractivity contribution is 7.15. The Balaban J connectivity index is 1.91. The first-order chi connectivity index (χ1) is 15.4. The average molecular weight is 445 g/mol. The molecule has 1 N–H and O–H groups in total. The molecule has 0 saturated carbocycles. The Morgan fingerprint density at radius 2 is 1.81 bits per heavy atom. The van der Waals surface area contributed by atoms with Crippen LogP contribution in [-0.4, -0.2) is 18.5 Å². The standard InChI is InChI=1S/C26H24N2O3S/c1-4-31-26(30)23-22(20-8-6-5-7-9-20)16-32-25(23)28-24(29)21(15-27)14-18-10-12-19(13-11-18)17(2)3/h5-14,16-17H,4H2,1-3H3,(H,28,29). The van der Waals surface area contributed by atoms with Gasteiger partial charge in [0.1, 0.15) is 22.2 Å². The number of ether oxygens (including phenoxy) is 1. The minimum absolute atomic E-state index is 0.0493. The molecule has 0 unspecified atom stereocenters. The molecule has 2 aromatic carbocycles. The smallest absolute Gasteiger partial charge is 0.341 e. The first kappa shape index (κ1) is 23.0. The van der Waals surface area contributed by atoms with Crippen LogP contribution in [0.2, 0.25) is 0 Å². The van der Waals surface area contributed by atoms with Crippen LogP contribution in [0, 0.1) is 11.3 Å². The largest absolute Gasteiger partial charge is 0.462 e. The monoisotopic (exact) mass is 444 g/mol. The molecular weight excluding hydrogens is 420 g/mol. The van der Waals surface area contributed by atoms with E-state index in [1.54, 1.807) is 12.3 Å². The molecule has 1 amide bonds. The van der Waals surface area contributed by atoms with Crippen molar-refractivity contribution >= 4 is 34.3 Å². The molecule has 0 bridgehead atoms. The quantitative estimate of drug-likeness (QED) is 0.265. The summed E-state index contributed by atoms with van der Waals surface area (Å²) in [6.45, 7) is 6.15. The normalized spacial score (nSPS) is 11.2. The Hall–Kier alpha value is -3.69. The molecule has 32 heavy (non-hydrogen) atoms. The van der Waals surface area contributed by atoms with E-state index in [2.05, 4.69) is 19.2 Å². The van der Waals surface area contributed by atoms with Crippen LogP contribution in [0.4, 0.5) is 5.00 Å². The summed E-state index contributed by atoms with van der Waals surface area (Å²) in [5.74, 6) is -0.701. The van der Waals surface area contributed by atoms with E-state index in [9.17, 15) is 14.9 Å². The van der Waals surface area contributed by atoms with E-state index >= 15 is 0 Å². The minimum atomic E-state index is -0.576. The van der Waals surface area contributed by atoms with Gasteiger partial charge in [-0.1, -0.05) is 68.4 Å². The van der Waals surface area contributed by atoms with Gasteiger partial charge in [0.15, 0.2) is 0 Å². The van der Waals surface area contributed by atoms with Crippen molar-refractivity contribution in [3.63, 3.8) is 0 Å². The second kappa shape index (κ2) is 10.6. The van der Waals surface area contributed by atoms with Crippen LogP contribution in [0.1, 0.15) is 48.2 Å². The van der Waals surface area contributed by atoms with E-state index in [1.807, 2.05) is 60.7 Å². The summed E-state index contributed by atoms with van der Waals surface area (Å²) in [6, 6.07) is 19.1. The van der Waals surface area contributed by atoms with Crippen molar-refractivity contribution < 1.29 is 14.3 Å². The molecule has 162 valence electrons. The third kappa shape index (κ3) is 5.32. The number of nitrogens with zero attached hydrogens (tertiary/aromatic N) is 1. The average Bonchev–Trinajstić information content (AvgIpc) is 3.22. The molecule has 0 aliphatic carbocycles.